The molecule has 142 valence electrons. The van der Waals surface area contributed by atoms with E-state index in [0.29, 0.717) is 0 Å². The predicted molar refractivity (Wildman–Crippen MR) is 93.6 cm³/mol. The average molecular weight is 378 g/mol. The van der Waals surface area contributed by atoms with Crippen molar-refractivity contribution in [2.45, 2.75) is 19.1 Å². The molecule has 0 fully saturated rings. The lowest BCUT2D eigenvalue weighted by atomic mass is 9.99. The third-order valence-electron chi connectivity index (χ3n) is 4.28. The molecule has 1 atom stereocenters. The number of para-hydroxylation sites is 1. The topological polar surface area (TPSA) is 62.7 Å². The maximum atomic E-state index is 12.2. The molecule has 8 heteroatoms. The van der Waals surface area contributed by atoms with Crippen molar-refractivity contribution in [3.63, 3.8) is 0 Å². The number of anilines is 1. The lowest BCUT2D eigenvalue weighted by Crippen LogP contribution is -2.33. The number of halogens is 3. The number of aromatic nitrogens is 1. The minimum absolute atomic E-state index is 0.117. The smallest absolute Gasteiger partial charge is 0.422 e. The number of carbonyl (C=O) groups is 1. The van der Waals surface area contributed by atoms with Gasteiger partial charge in [-0.15, -0.1) is 0 Å². The Kier molecular flexibility index (Phi) is 5.07. The molecule has 27 heavy (non-hydrogen) atoms. The summed E-state index contributed by atoms with van der Waals surface area (Å²) in [4.78, 5) is 17.3. The normalized spacial score (nSPS) is 15.0. The van der Waals surface area contributed by atoms with Crippen LogP contribution in [0.25, 0.3) is 6.08 Å². The maximum absolute atomic E-state index is 12.2. The molecule has 1 aromatic carbocycles. The highest BCUT2D eigenvalue weighted by atomic mass is 19.4. The Balaban J connectivity index is 1.82. The van der Waals surface area contributed by atoms with Crippen LogP contribution < -0.4 is 9.64 Å². The van der Waals surface area contributed by atoms with E-state index in [9.17, 15) is 23.1 Å². The molecule has 1 N–H and O–H groups in total. The number of fused-ring (bicyclic) bond motifs is 1. The molecule has 0 saturated heterocycles. The van der Waals surface area contributed by atoms with Crippen LogP contribution in [-0.2, 0) is 4.79 Å². The first-order chi connectivity index (χ1) is 12.7. The summed E-state index contributed by atoms with van der Waals surface area (Å²) < 4.78 is 41.3. The zero-order chi connectivity index (χ0) is 19.6. The average Bonchev–Trinajstić information content (AvgIpc) is 2.64. The van der Waals surface area contributed by atoms with Crippen molar-refractivity contribution in [3.05, 3.63) is 59.3 Å². The first-order valence-corrected chi connectivity index (χ1v) is 8.19. The second-order valence-corrected chi connectivity index (χ2v) is 6.17. The van der Waals surface area contributed by atoms with E-state index < -0.39 is 18.8 Å². The minimum Gasteiger partial charge on any atom is -0.478 e. The van der Waals surface area contributed by atoms with Gasteiger partial charge in [-0.1, -0.05) is 24.3 Å². The zero-order valence-electron chi connectivity index (χ0n) is 14.4. The van der Waals surface area contributed by atoms with Gasteiger partial charge in [-0.05, 0) is 30.2 Å². The van der Waals surface area contributed by atoms with E-state index in [1.54, 1.807) is 12.1 Å². The van der Waals surface area contributed by atoms with Gasteiger partial charge < -0.3 is 14.7 Å². The van der Waals surface area contributed by atoms with Gasteiger partial charge in [0.05, 0.1) is 18.2 Å². The molecule has 1 unspecified atom stereocenters. The number of carboxylic acids is 1. The van der Waals surface area contributed by atoms with Gasteiger partial charge in [0, 0.05) is 18.0 Å². The second kappa shape index (κ2) is 7.30. The van der Waals surface area contributed by atoms with Gasteiger partial charge in [-0.2, -0.15) is 13.2 Å². The zero-order valence-corrected chi connectivity index (χ0v) is 14.4. The highest BCUT2D eigenvalue weighted by Gasteiger charge is 2.29. The van der Waals surface area contributed by atoms with Gasteiger partial charge >= 0.3 is 12.1 Å². The summed E-state index contributed by atoms with van der Waals surface area (Å²) in [5.41, 5.74) is 2.67. The van der Waals surface area contributed by atoms with Crippen molar-refractivity contribution in [1.29, 1.82) is 0 Å². The van der Waals surface area contributed by atoms with Crippen LogP contribution in [0.3, 0.4) is 0 Å². The Morgan fingerprint density at radius 2 is 2.04 bits per heavy atom. The third kappa shape index (κ3) is 4.39. The largest absolute Gasteiger partial charge is 0.478 e. The van der Waals surface area contributed by atoms with Crippen molar-refractivity contribution in [3.8, 4) is 5.88 Å². The molecule has 1 aromatic heterocycles. The third-order valence-corrected chi connectivity index (χ3v) is 4.28. The summed E-state index contributed by atoms with van der Waals surface area (Å²) in [6.07, 6.45) is -1.34. The van der Waals surface area contributed by atoms with E-state index in [1.807, 2.05) is 36.1 Å². The molecule has 2 heterocycles. The van der Waals surface area contributed by atoms with Crippen LogP contribution in [0.5, 0.6) is 5.88 Å². The maximum Gasteiger partial charge on any atom is 0.422 e. The summed E-state index contributed by atoms with van der Waals surface area (Å²) in [6, 6.07) is 10.2. The number of hydrogen-bond acceptors (Lipinski definition) is 4. The number of ether oxygens (including phenoxy) is 1. The van der Waals surface area contributed by atoms with Gasteiger partial charge in [0.25, 0.3) is 0 Å². The lowest BCUT2D eigenvalue weighted by Gasteiger charge is -2.35. The fraction of sp³-hybridized carbons (Fsp3) is 0.263. The number of carboxylic acid groups (broad SMARTS) is 1. The molecule has 1 aliphatic rings. The summed E-state index contributed by atoms with van der Waals surface area (Å²) >= 11 is 0. The molecular formula is C19H17F3N2O3. The number of nitrogens with zero attached hydrogens (tertiary/aromatic N) is 2. The van der Waals surface area contributed by atoms with Crippen LogP contribution in [-0.4, -0.2) is 35.4 Å². The van der Waals surface area contributed by atoms with Crippen LogP contribution in [0.2, 0.25) is 0 Å². The Labute approximate surface area is 153 Å². The van der Waals surface area contributed by atoms with E-state index >= 15 is 0 Å². The first kappa shape index (κ1) is 18.8. The van der Waals surface area contributed by atoms with E-state index in [1.165, 1.54) is 12.3 Å². The monoisotopic (exact) mass is 378 g/mol. The molecule has 0 radical (unpaired) electrons. The van der Waals surface area contributed by atoms with Gasteiger partial charge in [0.2, 0.25) is 5.88 Å². The first-order valence-electron chi connectivity index (χ1n) is 8.19. The lowest BCUT2D eigenvalue weighted by molar-refractivity contribution is -0.154. The van der Waals surface area contributed by atoms with Crippen LogP contribution in [0.4, 0.5) is 18.9 Å². The van der Waals surface area contributed by atoms with Gasteiger partial charge in [-0.3, -0.25) is 0 Å². The van der Waals surface area contributed by atoms with Crippen molar-refractivity contribution < 1.29 is 27.8 Å². The molecule has 0 saturated carbocycles. The molecule has 1 aliphatic heterocycles. The number of hydrogen-bond donors (Lipinski definition) is 1. The van der Waals surface area contributed by atoms with Crippen molar-refractivity contribution in [2.24, 2.45) is 0 Å². The molecular weight excluding hydrogens is 361 g/mol. The van der Waals surface area contributed by atoms with Crippen molar-refractivity contribution >= 4 is 17.7 Å². The fourth-order valence-corrected chi connectivity index (χ4v) is 2.91. The van der Waals surface area contributed by atoms with Crippen LogP contribution in [0.15, 0.2) is 48.2 Å². The van der Waals surface area contributed by atoms with Gasteiger partial charge in [-0.25, -0.2) is 9.78 Å². The Morgan fingerprint density at radius 1 is 1.30 bits per heavy atom. The van der Waals surface area contributed by atoms with Crippen LogP contribution in [0, 0.1) is 0 Å². The number of alkyl halides is 3. The summed E-state index contributed by atoms with van der Waals surface area (Å²) in [5, 5.41) is 9.38. The molecule has 0 amide bonds. The molecule has 3 rings (SSSR count). The SMILES string of the molecule is CC(c1ccc(OCC(F)(F)F)nc1)N1CC(C(=O)O)=Cc2ccccc21. The van der Waals surface area contributed by atoms with Gasteiger partial charge in [0.15, 0.2) is 6.61 Å². The van der Waals surface area contributed by atoms with Crippen LogP contribution in [0.1, 0.15) is 24.1 Å². The Hall–Kier alpha value is -3.03. The molecule has 5 nitrogen and oxygen atoms in total. The van der Waals surface area contributed by atoms with Crippen molar-refractivity contribution in [2.75, 3.05) is 18.1 Å². The fourth-order valence-electron chi connectivity index (χ4n) is 2.91. The van der Waals surface area contributed by atoms with Crippen LogP contribution >= 0.6 is 0 Å². The Morgan fingerprint density at radius 3 is 2.67 bits per heavy atom. The quantitative estimate of drug-likeness (QED) is 0.850. The molecule has 0 aliphatic carbocycles. The molecule has 0 bridgehead atoms. The van der Waals surface area contributed by atoms with Gasteiger partial charge in [0.1, 0.15) is 0 Å². The number of aliphatic carboxylic acids is 1. The van der Waals surface area contributed by atoms with E-state index in [4.69, 9.17) is 0 Å². The second-order valence-electron chi connectivity index (χ2n) is 6.17. The molecule has 2 aromatic rings. The predicted octanol–water partition coefficient (Wildman–Crippen LogP) is 4.07. The van der Waals surface area contributed by atoms with E-state index in [-0.39, 0.29) is 24.0 Å². The number of rotatable bonds is 5. The minimum atomic E-state index is -4.43. The summed E-state index contributed by atoms with van der Waals surface area (Å²) in [7, 11) is 0. The molecule has 0 spiro atoms. The Bertz CT molecular complexity index is 863. The van der Waals surface area contributed by atoms with E-state index in [2.05, 4.69) is 9.72 Å². The van der Waals surface area contributed by atoms with E-state index in [0.717, 1.165) is 16.8 Å². The highest BCUT2D eigenvalue weighted by molar-refractivity contribution is 5.96. The highest BCUT2D eigenvalue weighted by Crippen LogP contribution is 2.35. The summed E-state index contributed by atoms with van der Waals surface area (Å²) in [5.74, 6) is -1.11. The standard InChI is InChI=1S/C19H17F3N2O3/c1-12(14-6-7-17(23-9-14)27-11-19(20,21)22)24-10-15(18(25)26)8-13-4-2-3-5-16(13)24/h2-9,12H,10-11H2,1H3,(H,25,26). The number of benzene rings is 1. The number of pyridine rings is 1. The van der Waals surface area contributed by atoms with Crippen molar-refractivity contribution in [1.82, 2.24) is 4.98 Å². The summed E-state index contributed by atoms with van der Waals surface area (Å²) in [6.45, 7) is 0.690.